The van der Waals surface area contributed by atoms with Crippen LogP contribution >= 0.6 is 0 Å². The van der Waals surface area contributed by atoms with Gasteiger partial charge in [0.1, 0.15) is 0 Å². The van der Waals surface area contributed by atoms with E-state index < -0.39 is 0 Å². The Morgan fingerprint density at radius 3 is 2.64 bits per heavy atom. The Balaban J connectivity index is 2.38. The van der Waals surface area contributed by atoms with Crippen molar-refractivity contribution in [2.24, 2.45) is 0 Å². The van der Waals surface area contributed by atoms with Gasteiger partial charge >= 0.3 is 99.3 Å². The van der Waals surface area contributed by atoms with Crippen LogP contribution in [0.3, 0.4) is 0 Å². The molecule has 0 saturated heterocycles. The van der Waals surface area contributed by atoms with E-state index in [2.05, 4.69) is 40.4 Å². The van der Waals surface area contributed by atoms with Crippen molar-refractivity contribution in [2.45, 2.75) is 56.1 Å². The van der Waals surface area contributed by atoms with Crippen LogP contribution in [-0.4, -0.2) is 0 Å². The van der Waals surface area contributed by atoms with Crippen LogP contribution < -0.4 is 0 Å². The first kappa shape index (κ1) is 10.7. The summed E-state index contributed by atoms with van der Waals surface area (Å²) in [6.45, 7) is 4.65. The molecule has 0 fully saturated rings. The van der Waals surface area contributed by atoms with Crippen LogP contribution in [0.5, 0.6) is 0 Å². The molecule has 75 valence electrons. The third kappa shape index (κ3) is 1.47. The minimum atomic E-state index is 0.435. The maximum atomic E-state index is 2.51. The molecule has 14 heavy (non-hydrogen) atoms. The first-order chi connectivity index (χ1) is 6.72. The van der Waals surface area contributed by atoms with Gasteiger partial charge in [0.25, 0.3) is 0 Å². The van der Waals surface area contributed by atoms with Crippen molar-refractivity contribution in [1.29, 1.82) is 0 Å². The van der Waals surface area contributed by atoms with Crippen molar-refractivity contribution in [3.05, 3.63) is 22.8 Å². The van der Waals surface area contributed by atoms with E-state index >= 15 is 0 Å². The Morgan fingerprint density at radius 1 is 1.29 bits per heavy atom. The van der Waals surface area contributed by atoms with E-state index in [0.29, 0.717) is 3.72 Å². The van der Waals surface area contributed by atoms with Crippen molar-refractivity contribution in [3.63, 3.8) is 0 Å². The molecule has 0 spiro atoms. The summed E-state index contributed by atoms with van der Waals surface area (Å²) < 4.78 is 0.435. The molecule has 1 heteroatoms. The normalized spacial score (nSPS) is 31.6. The Bertz CT molecular complexity index is 298. The summed E-state index contributed by atoms with van der Waals surface area (Å²) in [5.41, 5.74) is 5.16. The second kappa shape index (κ2) is 3.98. The zero-order chi connectivity index (χ0) is 10.2. The minimum absolute atomic E-state index is 0.435. The predicted octanol–water partition coefficient (Wildman–Crippen LogP) is 4.32. The zero-order valence-electron chi connectivity index (χ0n) is 9.32. The van der Waals surface area contributed by atoms with E-state index in [4.69, 9.17) is 0 Å². The number of hydrogen-bond acceptors (Lipinski definition) is 0. The van der Waals surface area contributed by atoms with Crippen molar-refractivity contribution in [1.82, 2.24) is 0 Å². The molecule has 1 unspecified atom stereocenters. The molecule has 2 rings (SSSR count). The molecular formula is C13H19Ti. The number of rotatable bonds is 2. The fourth-order valence-corrected chi connectivity index (χ4v) is 3.78. The van der Waals surface area contributed by atoms with Gasteiger partial charge < -0.3 is 0 Å². The number of allylic oxidation sites excluding steroid dienone is 4. The van der Waals surface area contributed by atoms with Crippen molar-refractivity contribution < 1.29 is 20.4 Å². The van der Waals surface area contributed by atoms with Crippen LogP contribution in [0.2, 0.25) is 3.72 Å². The molecule has 0 aliphatic heterocycles. The van der Waals surface area contributed by atoms with Crippen LogP contribution in [0, 0.1) is 0 Å². The van der Waals surface area contributed by atoms with Gasteiger partial charge in [-0.1, -0.05) is 0 Å². The van der Waals surface area contributed by atoms with Crippen LogP contribution in [-0.2, 0) is 20.4 Å². The van der Waals surface area contributed by atoms with E-state index in [0.717, 1.165) is 0 Å². The van der Waals surface area contributed by atoms with Crippen molar-refractivity contribution in [2.75, 3.05) is 0 Å². The molecule has 2 aliphatic carbocycles. The number of hydrogen-bond donors (Lipinski definition) is 0. The predicted molar refractivity (Wildman–Crippen MR) is 56.9 cm³/mol. The van der Waals surface area contributed by atoms with Gasteiger partial charge in [0.05, 0.1) is 0 Å². The SMILES string of the molecule is CCC1=CC2=C(CCCC2)[C]1([Ti])CC. The topological polar surface area (TPSA) is 0 Å². The molecular weight excluding hydrogens is 204 g/mol. The van der Waals surface area contributed by atoms with Gasteiger partial charge in [0, 0.05) is 0 Å². The molecule has 1 atom stereocenters. The summed E-state index contributed by atoms with van der Waals surface area (Å²) in [7, 11) is 0. The quantitative estimate of drug-likeness (QED) is 0.611. The Kier molecular flexibility index (Phi) is 3.05. The molecule has 0 N–H and O–H groups in total. The molecule has 0 aromatic carbocycles. The Hall–Kier alpha value is 0.194. The summed E-state index contributed by atoms with van der Waals surface area (Å²) in [5, 5.41) is 0. The van der Waals surface area contributed by atoms with E-state index in [9.17, 15) is 0 Å². The molecule has 2 aliphatic rings. The molecule has 0 amide bonds. The van der Waals surface area contributed by atoms with E-state index in [1.165, 1.54) is 38.5 Å². The third-order valence-electron chi connectivity index (χ3n) is 3.83. The monoisotopic (exact) mass is 223 g/mol. The summed E-state index contributed by atoms with van der Waals surface area (Å²) in [6.07, 6.45) is 10.6. The molecule has 0 bridgehead atoms. The van der Waals surface area contributed by atoms with Gasteiger partial charge in [-0.25, -0.2) is 0 Å². The average Bonchev–Trinajstić information content (AvgIpc) is 2.53. The molecule has 0 heterocycles. The van der Waals surface area contributed by atoms with Crippen LogP contribution in [0.1, 0.15) is 52.4 Å². The maximum absolute atomic E-state index is 2.51. The third-order valence-corrected chi connectivity index (χ3v) is 5.36. The second-order valence-electron chi connectivity index (χ2n) is 4.49. The van der Waals surface area contributed by atoms with E-state index in [1.54, 1.807) is 16.7 Å². The zero-order valence-corrected chi connectivity index (χ0v) is 10.9. The fraction of sp³-hybridized carbons (Fsp3) is 0.692. The van der Waals surface area contributed by atoms with Crippen LogP contribution in [0.25, 0.3) is 0 Å². The molecule has 0 radical (unpaired) electrons. The summed E-state index contributed by atoms with van der Waals surface area (Å²) in [6, 6.07) is 0. The van der Waals surface area contributed by atoms with Crippen molar-refractivity contribution >= 4 is 0 Å². The summed E-state index contributed by atoms with van der Waals surface area (Å²) in [4.78, 5) is 0. The summed E-state index contributed by atoms with van der Waals surface area (Å²) in [5.74, 6) is 0. The summed E-state index contributed by atoms with van der Waals surface area (Å²) >= 11 is 2.45. The van der Waals surface area contributed by atoms with Gasteiger partial charge in [0.15, 0.2) is 0 Å². The van der Waals surface area contributed by atoms with Gasteiger partial charge in [-0.05, 0) is 0 Å². The van der Waals surface area contributed by atoms with Gasteiger partial charge in [-0.15, -0.1) is 0 Å². The fourth-order valence-electron chi connectivity index (χ4n) is 2.95. The Morgan fingerprint density at radius 2 is 2.00 bits per heavy atom. The molecule has 0 aromatic heterocycles. The molecule has 0 nitrogen and oxygen atoms in total. The van der Waals surface area contributed by atoms with Gasteiger partial charge in [-0.3, -0.25) is 0 Å². The standard InChI is InChI=1S/C13H19.Ti/c1-3-10-9-11-7-5-6-8-13(11)12(10)4-2;/h9H,3-8H2,1-2H3;. The average molecular weight is 223 g/mol. The molecule has 0 saturated carbocycles. The first-order valence-corrected chi connectivity index (χ1v) is 6.69. The first-order valence-electron chi connectivity index (χ1n) is 5.91. The second-order valence-corrected chi connectivity index (χ2v) is 5.83. The molecule has 0 aromatic rings. The van der Waals surface area contributed by atoms with Crippen molar-refractivity contribution in [3.8, 4) is 0 Å². The Labute approximate surface area is 99.3 Å². The van der Waals surface area contributed by atoms with E-state index in [1.807, 2.05) is 0 Å². The van der Waals surface area contributed by atoms with Gasteiger partial charge in [-0.2, -0.15) is 0 Å². The van der Waals surface area contributed by atoms with Crippen LogP contribution in [0.15, 0.2) is 22.8 Å². The van der Waals surface area contributed by atoms with Crippen LogP contribution in [0.4, 0.5) is 0 Å². The van der Waals surface area contributed by atoms with Gasteiger partial charge in [0.2, 0.25) is 0 Å². The van der Waals surface area contributed by atoms with E-state index in [-0.39, 0.29) is 0 Å².